The van der Waals surface area contributed by atoms with E-state index in [1.807, 2.05) is 12.3 Å². The number of nitrogens with zero attached hydrogens (tertiary/aromatic N) is 3. The summed E-state index contributed by atoms with van der Waals surface area (Å²) in [6.45, 7) is 9.61. The second-order valence-electron chi connectivity index (χ2n) is 7.44. The van der Waals surface area contributed by atoms with Crippen molar-refractivity contribution >= 4 is 45.5 Å². The third-order valence-electron chi connectivity index (χ3n) is 4.44. The molecule has 5 nitrogen and oxygen atoms in total. The van der Waals surface area contributed by atoms with E-state index in [0.29, 0.717) is 0 Å². The Kier molecular flexibility index (Phi) is 9.24. The molecule has 0 unspecified atom stereocenters. The van der Waals surface area contributed by atoms with Crippen LogP contribution in [0.4, 0.5) is 5.13 Å². The summed E-state index contributed by atoms with van der Waals surface area (Å²) < 4.78 is -0.0449. The molecule has 0 saturated heterocycles. The van der Waals surface area contributed by atoms with E-state index in [2.05, 4.69) is 27.2 Å². The van der Waals surface area contributed by atoms with Crippen LogP contribution >= 0.6 is 34.4 Å². The van der Waals surface area contributed by atoms with Gasteiger partial charge in [0.15, 0.2) is 9.47 Å². The second-order valence-corrected chi connectivity index (χ2v) is 11.0. The smallest absolute Gasteiger partial charge is 0.319 e. The largest absolute Gasteiger partial charge is 0.480 e. The molecule has 0 amide bonds. The van der Waals surface area contributed by atoms with E-state index in [9.17, 15) is 9.90 Å². The van der Waals surface area contributed by atoms with E-state index in [4.69, 9.17) is 0 Å². The fourth-order valence-electron chi connectivity index (χ4n) is 2.66. The molecule has 0 saturated carbocycles. The van der Waals surface area contributed by atoms with Crippen LogP contribution < -0.4 is 4.90 Å². The van der Waals surface area contributed by atoms with Crippen molar-refractivity contribution in [1.82, 2.24) is 9.97 Å². The molecule has 156 valence electrons. The summed E-state index contributed by atoms with van der Waals surface area (Å²) in [5, 5.41) is 14.5. The number of anilines is 1. The zero-order valence-corrected chi connectivity index (χ0v) is 19.7. The number of aliphatic carboxylic acids is 1. The van der Waals surface area contributed by atoms with Crippen LogP contribution in [0, 0.1) is 6.92 Å². The minimum Gasteiger partial charge on any atom is -0.480 e. The van der Waals surface area contributed by atoms with Crippen LogP contribution in [-0.2, 0) is 11.2 Å². The van der Waals surface area contributed by atoms with Crippen molar-refractivity contribution < 1.29 is 9.90 Å². The van der Waals surface area contributed by atoms with Gasteiger partial charge in [-0.1, -0.05) is 44.4 Å². The molecule has 0 radical (unpaired) electrons. The fourth-order valence-corrected chi connectivity index (χ4v) is 5.74. The number of aryl methyl sites for hydroxylation is 1. The predicted octanol–water partition coefficient (Wildman–Crippen LogP) is 5.88. The lowest BCUT2D eigenvalue weighted by Crippen LogP contribution is -2.27. The fraction of sp³-hybridized carbons (Fsp3) is 0.650. The summed E-state index contributed by atoms with van der Waals surface area (Å²) in [6.07, 6.45) is 7.16. The summed E-state index contributed by atoms with van der Waals surface area (Å²) >= 11 is 4.55. The van der Waals surface area contributed by atoms with Crippen LogP contribution in [0.1, 0.15) is 64.3 Å². The summed E-state index contributed by atoms with van der Waals surface area (Å²) in [7, 11) is 0. The van der Waals surface area contributed by atoms with Gasteiger partial charge in [0.2, 0.25) is 0 Å². The van der Waals surface area contributed by atoms with E-state index in [1.165, 1.54) is 55.2 Å². The van der Waals surface area contributed by atoms with Gasteiger partial charge in [-0.2, -0.15) is 0 Å². The molecule has 0 aliphatic rings. The Morgan fingerprint density at radius 2 is 1.89 bits per heavy atom. The van der Waals surface area contributed by atoms with Gasteiger partial charge in [-0.15, -0.1) is 22.7 Å². The number of unbranched alkanes of at least 4 members (excludes halogenated alkanes) is 4. The van der Waals surface area contributed by atoms with Gasteiger partial charge in [0.1, 0.15) is 4.75 Å². The first kappa shape index (κ1) is 23.2. The van der Waals surface area contributed by atoms with Gasteiger partial charge in [0.25, 0.3) is 0 Å². The van der Waals surface area contributed by atoms with Crippen molar-refractivity contribution in [3.63, 3.8) is 0 Å². The van der Waals surface area contributed by atoms with E-state index >= 15 is 0 Å². The van der Waals surface area contributed by atoms with E-state index in [0.717, 1.165) is 40.4 Å². The monoisotopic (exact) mass is 441 g/mol. The summed E-state index contributed by atoms with van der Waals surface area (Å²) in [4.78, 5) is 23.0. The van der Waals surface area contributed by atoms with Crippen LogP contribution in [-0.4, -0.2) is 38.9 Å². The second kappa shape index (κ2) is 11.2. The number of aromatic nitrogens is 2. The molecule has 0 aliphatic carbocycles. The molecule has 0 atom stereocenters. The van der Waals surface area contributed by atoms with Crippen LogP contribution in [0.15, 0.2) is 15.1 Å². The molecule has 8 heteroatoms. The highest BCUT2D eigenvalue weighted by molar-refractivity contribution is 8.02. The summed E-state index contributed by atoms with van der Waals surface area (Å²) in [5.41, 5.74) is 2.09. The molecule has 0 fully saturated rings. The predicted molar refractivity (Wildman–Crippen MR) is 121 cm³/mol. The maximum Gasteiger partial charge on any atom is 0.319 e. The highest BCUT2D eigenvalue weighted by atomic mass is 32.2. The standard InChI is InChI=1S/C20H31N3O2S3/c1-5-6-7-8-9-11-23(18-21-15(2)13-26-18)12-10-16-14-27-19(22-16)28-20(3,4)17(24)25/h13-14H,5-12H2,1-4H3,(H,24,25). The average molecular weight is 442 g/mol. The number of carbonyl (C=O) groups is 1. The van der Waals surface area contributed by atoms with Gasteiger partial charge in [-0.3, -0.25) is 4.79 Å². The van der Waals surface area contributed by atoms with Crippen molar-refractivity contribution in [2.45, 2.75) is 75.3 Å². The number of thioether (sulfide) groups is 1. The number of hydrogen-bond acceptors (Lipinski definition) is 7. The van der Waals surface area contributed by atoms with Crippen molar-refractivity contribution in [1.29, 1.82) is 0 Å². The molecule has 1 N–H and O–H groups in total. The van der Waals surface area contributed by atoms with E-state index in [1.54, 1.807) is 25.2 Å². The van der Waals surface area contributed by atoms with Crippen LogP contribution in [0.2, 0.25) is 0 Å². The van der Waals surface area contributed by atoms with Crippen molar-refractivity contribution in [3.8, 4) is 0 Å². The van der Waals surface area contributed by atoms with Gasteiger partial charge in [0, 0.05) is 30.3 Å². The maximum atomic E-state index is 11.3. The molecule has 2 aromatic rings. The van der Waals surface area contributed by atoms with Gasteiger partial charge < -0.3 is 10.0 Å². The number of thiazole rings is 2. The van der Waals surface area contributed by atoms with Crippen LogP contribution in [0.3, 0.4) is 0 Å². The first-order valence-electron chi connectivity index (χ1n) is 9.85. The molecule has 2 rings (SSSR count). The molecular formula is C20H31N3O2S3. The quantitative estimate of drug-likeness (QED) is 0.309. The lowest BCUT2D eigenvalue weighted by molar-refractivity contribution is -0.138. The third-order valence-corrected chi connectivity index (χ3v) is 7.63. The number of carboxylic acid groups (broad SMARTS) is 1. The molecule has 28 heavy (non-hydrogen) atoms. The molecule has 0 aromatic carbocycles. The Bertz CT molecular complexity index is 743. The molecule has 2 aromatic heterocycles. The maximum absolute atomic E-state index is 11.3. The number of rotatable bonds is 13. The molecule has 0 bridgehead atoms. The topological polar surface area (TPSA) is 66.3 Å². The Hall–Kier alpha value is -1.12. The highest BCUT2D eigenvalue weighted by Gasteiger charge is 2.29. The van der Waals surface area contributed by atoms with Gasteiger partial charge in [0.05, 0.1) is 11.4 Å². The zero-order valence-electron chi connectivity index (χ0n) is 17.2. The van der Waals surface area contributed by atoms with Gasteiger partial charge >= 0.3 is 5.97 Å². The first-order chi connectivity index (χ1) is 13.3. The number of hydrogen-bond donors (Lipinski definition) is 1. The molecule has 0 aliphatic heterocycles. The van der Waals surface area contributed by atoms with Gasteiger partial charge in [-0.25, -0.2) is 9.97 Å². The minimum absolute atomic E-state index is 0.817. The van der Waals surface area contributed by atoms with Crippen LogP contribution in [0.25, 0.3) is 0 Å². The summed E-state index contributed by atoms with van der Waals surface area (Å²) in [6, 6.07) is 0. The summed E-state index contributed by atoms with van der Waals surface area (Å²) in [5.74, 6) is -0.817. The van der Waals surface area contributed by atoms with Crippen molar-refractivity contribution in [3.05, 3.63) is 22.1 Å². The Morgan fingerprint density at radius 1 is 1.14 bits per heavy atom. The first-order valence-corrected chi connectivity index (χ1v) is 12.4. The SMILES string of the molecule is CCCCCCCN(CCc1csc(SC(C)(C)C(=O)O)n1)c1nc(C)cs1. The van der Waals surface area contributed by atoms with E-state index < -0.39 is 10.7 Å². The third kappa shape index (κ3) is 7.37. The van der Waals surface area contributed by atoms with Crippen molar-refractivity contribution in [2.24, 2.45) is 0 Å². The minimum atomic E-state index is -0.863. The zero-order chi connectivity index (χ0) is 20.6. The highest BCUT2D eigenvalue weighted by Crippen LogP contribution is 2.34. The average Bonchev–Trinajstić information content (AvgIpc) is 3.26. The Balaban J connectivity index is 1.92. The lowest BCUT2D eigenvalue weighted by atomic mass is 10.1. The van der Waals surface area contributed by atoms with Crippen LogP contribution in [0.5, 0.6) is 0 Å². The molecule has 0 spiro atoms. The Morgan fingerprint density at radius 3 is 2.54 bits per heavy atom. The Labute approximate surface area is 180 Å². The molecular weight excluding hydrogens is 410 g/mol. The normalized spacial score (nSPS) is 11.7. The number of carboxylic acids is 1. The van der Waals surface area contributed by atoms with E-state index in [-0.39, 0.29) is 0 Å². The molecule has 2 heterocycles. The lowest BCUT2D eigenvalue weighted by Gasteiger charge is -2.21. The van der Waals surface area contributed by atoms with Gasteiger partial charge in [-0.05, 0) is 27.2 Å². The van der Waals surface area contributed by atoms with Crippen molar-refractivity contribution in [2.75, 3.05) is 18.0 Å².